The molecule has 1 aromatic carbocycles. The summed E-state index contributed by atoms with van der Waals surface area (Å²) in [5.74, 6) is 0.0832. The number of amides is 1. The van der Waals surface area contributed by atoms with Crippen molar-refractivity contribution < 1.29 is 19.1 Å². The number of methoxy groups -OCH3 is 1. The molecule has 0 aliphatic rings. The maximum atomic E-state index is 12.2. The van der Waals surface area contributed by atoms with Gasteiger partial charge in [0.2, 0.25) is 0 Å². The minimum Gasteiger partial charge on any atom is -0.462 e. The molecular weight excluding hydrogens is 336 g/mol. The number of rotatable bonds is 8. The van der Waals surface area contributed by atoms with Crippen LogP contribution in [0.5, 0.6) is 0 Å². The second kappa shape index (κ2) is 9.47. The van der Waals surface area contributed by atoms with Crippen LogP contribution in [0.15, 0.2) is 30.3 Å². The number of benzene rings is 1. The number of aryl methyl sites for hydroxylation is 1. The fraction of sp³-hybridized carbons (Fsp3) is 0.333. The van der Waals surface area contributed by atoms with Crippen LogP contribution in [0, 0.1) is 6.92 Å². The van der Waals surface area contributed by atoms with Gasteiger partial charge in [0.1, 0.15) is 17.3 Å². The SMILES string of the molecule is CCOC(=O)c1ccccc1Nc1cc(C(=O)NCCOC)nc(C)n1. The van der Waals surface area contributed by atoms with Gasteiger partial charge in [0.25, 0.3) is 5.91 Å². The molecule has 2 aromatic rings. The monoisotopic (exact) mass is 358 g/mol. The third kappa shape index (κ3) is 5.25. The van der Waals surface area contributed by atoms with E-state index < -0.39 is 5.97 Å². The summed E-state index contributed by atoms with van der Waals surface area (Å²) < 4.78 is 9.97. The van der Waals surface area contributed by atoms with E-state index in [4.69, 9.17) is 9.47 Å². The number of nitrogens with zero attached hydrogens (tertiary/aromatic N) is 2. The summed E-state index contributed by atoms with van der Waals surface area (Å²) in [5, 5.41) is 5.77. The number of anilines is 2. The largest absolute Gasteiger partial charge is 0.462 e. The molecular formula is C18H22N4O4. The van der Waals surface area contributed by atoms with E-state index in [1.54, 1.807) is 45.2 Å². The molecule has 0 atom stereocenters. The van der Waals surface area contributed by atoms with Crippen molar-refractivity contribution in [3.8, 4) is 0 Å². The van der Waals surface area contributed by atoms with Gasteiger partial charge < -0.3 is 20.1 Å². The molecule has 2 rings (SSSR count). The van der Waals surface area contributed by atoms with E-state index in [-0.39, 0.29) is 18.2 Å². The van der Waals surface area contributed by atoms with Crippen LogP contribution in [-0.2, 0) is 9.47 Å². The molecule has 1 aromatic heterocycles. The maximum Gasteiger partial charge on any atom is 0.340 e. The molecule has 26 heavy (non-hydrogen) atoms. The average molecular weight is 358 g/mol. The second-order valence-electron chi connectivity index (χ2n) is 5.33. The number of para-hydroxylation sites is 1. The molecule has 1 heterocycles. The number of ether oxygens (including phenoxy) is 2. The Morgan fingerprint density at radius 3 is 2.69 bits per heavy atom. The van der Waals surface area contributed by atoms with Gasteiger partial charge in [0, 0.05) is 19.7 Å². The molecule has 0 spiro atoms. The van der Waals surface area contributed by atoms with Crippen molar-refractivity contribution in [2.24, 2.45) is 0 Å². The number of hydrogen-bond donors (Lipinski definition) is 2. The van der Waals surface area contributed by atoms with Gasteiger partial charge in [-0.1, -0.05) is 12.1 Å². The van der Waals surface area contributed by atoms with Crippen LogP contribution in [0.4, 0.5) is 11.5 Å². The number of carbonyl (C=O) groups is 2. The molecule has 1 amide bonds. The minimum atomic E-state index is -0.432. The van der Waals surface area contributed by atoms with Crippen molar-refractivity contribution in [3.05, 3.63) is 47.4 Å². The molecule has 0 saturated carbocycles. The highest BCUT2D eigenvalue weighted by Crippen LogP contribution is 2.21. The summed E-state index contributed by atoms with van der Waals surface area (Å²) in [5.41, 5.74) is 1.15. The first-order valence-electron chi connectivity index (χ1n) is 8.21. The molecule has 0 bridgehead atoms. The highest BCUT2D eigenvalue weighted by Gasteiger charge is 2.14. The van der Waals surface area contributed by atoms with Crippen LogP contribution in [0.1, 0.15) is 33.6 Å². The minimum absolute atomic E-state index is 0.227. The number of nitrogens with one attached hydrogen (secondary N) is 2. The summed E-state index contributed by atoms with van der Waals surface area (Å²) in [6.45, 7) is 4.51. The van der Waals surface area contributed by atoms with Gasteiger partial charge in [0.15, 0.2) is 0 Å². The van der Waals surface area contributed by atoms with E-state index in [2.05, 4.69) is 20.6 Å². The van der Waals surface area contributed by atoms with Crippen LogP contribution in [0.3, 0.4) is 0 Å². The Kier molecular flexibility index (Phi) is 7.04. The van der Waals surface area contributed by atoms with Gasteiger partial charge in [-0.25, -0.2) is 14.8 Å². The first-order chi connectivity index (χ1) is 12.5. The van der Waals surface area contributed by atoms with E-state index in [0.29, 0.717) is 36.0 Å². The summed E-state index contributed by atoms with van der Waals surface area (Å²) in [6.07, 6.45) is 0. The fourth-order valence-corrected chi connectivity index (χ4v) is 2.22. The smallest absolute Gasteiger partial charge is 0.340 e. The predicted molar refractivity (Wildman–Crippen MR) is 96.7 cm³/mol. The molecule has 0 radical (unpaired) electrons. The quantitative estimate of drug-likeness (QED) is 0.550. The Bertz CT molecular complexity index is 780. The third-order valence-electron chi connectivity index (χ3n) is 3.35. The summed E-state index contributed by atoms with van der Waals surface area (Å²) in [4.78, 5) is 32.7. The zero-order chi connectivity index (χ0) is 18.9. The lowest BCUT2D eigenvalue weighted by Gasteiger charge is -2.12. The molecule has 0 saturated heterocycles. The summed E-state index contributed by atoms with van der Waals surface area (Å²) >= 11 is 0. The number of aromatic nitrogens is 2. The average Bonchev–Trinajstić information content (AvgIpc) is 2.62. The van der Waals surface area contributed by atoms with E-state index in [1.165, 1.54) is 6.07 Å². The van der Waals surface area contributed by atoms with Gasteiger partial charge in [-0.2, -0.15) is 0 Å². The maximum absolute atomic E-state index is 12.2. The highest BCUT2D eigenvalue weighted by molar-refractivity contribution is 5.97. The van der Waals surface area contributed by atoms with Crippen LogP contribution in [-0.4, -0.2) is 48.7 Å². The number of esters is 1. The standard InChI is InChI=1S/C18H22N4O4/c1-4-26-18(24)13-7-5-6-8-14(13)22-16-11-15(20-12(2)21-16)17(23)19-9-10-25-3/h5-8,11H,4,9-10H2,1-3H3,(H,19,23)(H,20,21,22). The van der Waals surface area contributed by atoms with Crippen molar-refractivity contribution >= 4 is 23.4 Å². The third-order valence-corrected chi connectivity index (χ3v) is 3.35. The predicted octanol–water partition coefficient (Wildman–Crippen LogP) is 2.08. The van der Waals surface area contributed by atoms with Crippen molar-refractivity contribution in [3.63, 3.8) is 0 Å². The van der Waals surface area contributed by atoms with Crippen molar-refractivity contribution in [1.82, 2.24) is 15.3 Å². The second-order valence-corrected chi connectivity index (χ2v) is 5.33. The van der Waals surface area contributed by atoms with Gasteiger partial charge in [-0.15, -0.1) is 0 Å². The van der Waals surface area contributed by atoms with Crippen molar-refractivity contribution in [1.29, 1.82) is 0 Å². The highest BCUT2D eigenvalue weighted by atomic mass is 16.5. The number of carbonyl (C=O) groups excluding carboxylic acids is 2. The van der Waals surface area contributed by atoms with Crippen LogP contribution in [0.2, 0.25) is 0 Å². The van der Waals surface area contributed by atoms with Gasteiger partial charge in [-0.05, 0) is 26.0 Å². The Morgan fingerprint density at radius 1 is 1.19 bits per heavy atom. The molecule has 0 aliphatic heterocycles. The lowest BCUT2D eigenvalue weighted by atomic mass is 10.2. The Hall–Kier alpha value is -3.00. The van der Waals surface area contributed by atoms with Crippen LogP contribution >= 0.6 is 0 Å². The molecule has 0 aliphatic carbocycles. The Balaban J connectivity index is 2.23. The first kappa shape index (κ1) is 19.3. The zero-order valence-electron chi connectivity index (χ0n) is 15.0. The van der Waals surface area contributed by atoms with Crippen molar-refractivity contribution in [2.45, 2.75) is 13.8 Å². The van der Waals surface area contributed by atoms with Crippen LogP contribution in [0.25, 0.3) is 0 Å². The Labute approximate surface area is 151 Å². The topological polar surface area (TPSA) is 102 Å². The lowest BCUT2D eigenvalue weighted by Crippen LogP contribution is -2.28. The van der Waals surface area contributed by atoms with E-state index in [1.807, 2.05) is 0 Å². The van der Waals surface area contributed by atoms with Gasteiger partial charge in [-0.3, -0.25) is 4.79 Å². The fourth-order valence-electron chi connectivity index (χ4n) is 2.22. The summed E-state index contributed by atoms with van der Waals surface area (Å²) in [7, 11) is 1.56. The van der Waals surface area contributed by atoms with Gasteiger partial charge >= 0.3 is 5.97 Å². The molecule has 8 nitrogen and oxygen atoms in total. The molecule has 0 fully saturated rings. The molecule has 0 unspecified atom stereocenters. The normalized spacial score (nSPS) is 10.3. The van der Waals surface area contributed by atoms with Gasteiger partial charge in [0.05, 0.1) is 24.5 Å². The molecule has 8 heteroatoms. The van der Waals surface area contributed by atoms with Crippen LogP contribution < -0.4 is 10.6 Å². The van der Waals surface area contributed by atoms with Crippen molar-refractivity contribution in [2.75, 3.05) is 32.2 Å². The molecule has 138 valence electrons. The van der Waals surface area contributed by atoms with E-state index in [0.717, 1.165) is 0 Å². The Morgan fingerprint density at radius 2 is 1.96 bits per heavy atom. The van der Waals surface area contributed by atoms with E-state index >= 15 is 0 Å². The summed E-state index contributed by atoms with van der Waals surface area (Å²) in [6, 6.07) is 8.46. The number of hydrogen-bond acceptors (Lipinski definition) is 7. The van der Waals surface area contributed by atoms with E-state index in [9.17, 15) is 9.59 Å². The lowest BCUT2D eigenvalue weighted by molar-refractivity contribution is 0.0527. The molecule has 2 N–H and O–H groups in total. The zero-order valence-corrected chi connectivity index (χ0v) is 15.0. The first-order valence-corrected chi connectivity index (χ1v) is 8.21.